The van der Waals surface area contributed by atoms with E-state index in [0.29, 0.717) is 11.4 Å². The van der Waals surface area contributed by atoms with Crippen LogP contribution >= 0.6 is 0 Å². The lowest BCUT2D eigenvalue weighted by Crippen LogP contribution is -2.39. The van der Waals surface area contributed by atoms with E-state index in [4.69, 9.17) is 0 Å². The maximum absolute atomic E-state index is 13.6. The van der Waals surface area contributed by atoms with E-state index >= 15 is 0 Å². The molecule has 1 aromatic heterocycles. The first-order valence-electron chi connectivity index (χ1n) is 8.59. The largest absolute Gasteiger partial charge is 0.357 e. The van der Waals surface area contributed by atoms with E-state index in [-0.39, 0.29) is 11.1 Å². The van der Waals surface area contributed by atoms with E-state index in [9.17, 15) is 22.8 Å². The fourth-order valence-corrected chi connectivity index (χ4v) is 2.82. The van der Waals surface area contributed by atoms with E-state index < -0.39 is 35.3 Å². The Labute approximate surface area is 164 Å². The van der Waals surface area contributed by atoms with E-state index in [1.165, 1.54) is 48.3 Å². The molecule has 0 fully saturated rings. The number of carbonyl (C=O) groups excluding carboxylic acids is 2. The molecule has 0 spiro atoms. The lowest BCUT2D eigenvalue weighted by atomic mass is 10.0. The molecule has 2 N–H and O–H groups in total. The molecule has 0 aliphatic heterocycles. The summed E-state index contributed by atoms with van der Waals surface area (Å²) in [5, 5.41) is 9.02. The number of benzene rings is 2. The molecule has 3 rings (SSSR count). The summed E-state index contributed by atoms with van der Waals surface area (Å²) in [5.74, 6) is -3.84. The number of amides is 2. The minimum atomic E-state index is -1.24. The fourth-order valence-electron chi connectivity index (χ4n) is 2.82. The highest BCUT2D eigenvalue weighted by Gasteiger charge is 2.25. The molecular weight excluding hydrogens is 385 g/mol. The van der Waals surface area contributed by atoms with Crippen LogP contribution in [-0.4, -0.2) is 28.6 Å². The molecule has 150 valence electrons. The van der Waals surface area contributed by atoms with Crippen molar-refractivity contribution in [3.63, 3.8) is 0 Å². The van der Waals surface area contributed by atoms with Gasteiger partial charge in [0.1, 0.15) is 11.9 Å². The predicted octanol–water partition coefficient (Wildman–Crippen LogP) is 2.82. The van der Waals surface area contributed by atoms with E-state index in [2.05, 4.69) is 15.7 Å². The summed E-state index contributed by atoms with van der Waals surface area (Å²) in [6, 6.07) is 7.25. The van der Waals surface area contributed by atoms with Gasteiger partial charge in [-0.25, -0.2) is 17.9 Å². The molecule has 2 aromatic carbocycles. The quantitative estimate of drug-likeness (QED) is 0.689. The number of hydrogen-bond acceptors (Lipinski definition) is 3. The van der Waals surface area contributed by atoms with Gasteiger partial charge in [-0.2, -0.15) is 5.10 Å². The van der Waals surface area contributed by atoms with Crippen molar-refractivity contribution in [2.75, 3.05) is 7.05 Å². The number of halogens is 3. The van der Waals surface area contributed by atoms with Crippen LogP contribution in [0.2, 0.25) is 0 Å². The van der Waals surface area contributed by atoms with Crippen molar-refractivity contribution in [2.45, 2.75) is 13.0 Å². The number of hydrogen-bond donors (Lipinski definition) is 2. The van der Waals surface area contributed by atoms with Crippen LogP contribution in [0.1, 0.15) is 27.7 Å². The van der Waals surface area contributed by atoms with Gasteiger partial charge in [-0.1, -0.05) is 6.07 Å². The molecule has 0 bridgehead atoms. The summed E-state index contributed by atoms with van der Waals surface area (Å²) >= 11 is 0. The maximum Gasteiger partial charge on any atom is 0.255 e. The predicted molar refractivity (Wildman–Crippen MR) is 98.9 cm³/mol. The Balaban J connectivity index is 1.89. The van der Waals surface area contributed by atoms with Crippen LogP contribution in [0.3, 0.4) is 0 Å². The van der Waals surface area contributed by atoms with Crippen molar-refractivity contribution in [1.29, 1.82) is 0 Å². The van der Waals surface area contributed by atoms with E-state index in [0.717, 1.165) is 12.1 Å². The van der Waals surface area contributed by atoms with E-state index in [1.54, 1.807) is 6.92 Å². The zero-order valence-electron chi connectivity index (χ0n) is 15.5. The molecule has 1 atom stereocenters. The second-order valence-corrected chi connectivity index (χ2v) is 6.23. The number of rotatable bonds is 5. The van der Waals surface area contributed by atoms with Crippen LogP contribution in [0.5, 0.6) is 0 Å². The van der Waals surface area contributed by atoms with Gasteiger partial charge in [-0.15, -0.1) is 0 Å². The average molecular weight is 402 g/mol. The molecule has 29 heavy (non-hydrogen) atoms. The molecule has 0 saturated carbocycles. The number of nitrogens with zero attached hydrogens (tertiary/aromatic N) is 2. The Morgan fingerprint density at radius 3 is 2.34 bits per heavy atom. The minimum absolute atomic E-state index is 0.0835. The highest BCUT2D eigenvalue weighted by molar-refractivity contribution is 5.98. The van der Waals surface area contributed by atoms with Gasteiger partial charge in [0.15, 0.2) is 11.6 Å². The average Bonchev–Trinajstić information content (AvgIpc) is 3.09. The molecule has 9 heteroatoms. The van der Waals surface area contributed by atoms with E-state index in [1.807, 2.05) is 0 Å². The van der Waals surface area contributed by atoms with Gasteiger partial charge in [-0.05, 0) is 48.9 Å². The summed E-state index contributed by atoms with van der Waals surface area (Å²) in [6.45, 7) is 1.64. The normalized spacial score (nSPS) is 11.8. The van der Waals surface area contributed by atoms with Crippen molar-refractivity contribution >= 4 is 11.8 Å². The number of nitrogens with one attached hydrogen (secondary N) is 2. The SMILES string of the molecule is CNC(=O)C(NC(=O)c1cnn(-c2ccc(F)cc2)c1C)c1ccc(F)c(F)c1. The molecule has 0 saturated heterocycles. The first-order valence-corrected chi connectivity index (χ1v) is 8.59. The van der Waals surface area contributed by atoms with Crippen molar-refractivity contribution in [1.82, 2.24) is 20.4 Å². The summed E-state index contributed by atoms with van der Waals surface area (Å²) in [6.07, 6.45) is 1.31. The third-order valence-electron chi connectivity index (χ3n) is 4.39. The van der Waals surface area contributed by atoms with Crippen LogP contribution < -0.4 is 10.6 Å². The number of carbonyl (C=O) groups is 2. The highest BCUT2D eigenvalue weighted by atomic mass is 19.2. The summed E-state index contributed by atoms with van der Waals surface area (Å²) in [7, 11) is 1.36. The molecule has 2 amide bonds. The number of likely N-dealkylation sites (N-methyl/N-ethyl adjacent to an activating group) is 1. The second-order valence-electron chi connectivity index (χ2n) is 6.23. The van der Waals surface area contributed by atoms with Crippen molar-refractivity contribution < 1.29 is 22.8 Å². The van der Waals surface area contributed by atoms with Crippen LogP contribution in [-0.2, 0) is 4.79 Å². The first-order chi connectivity index (χ1) is 13.8. The maximum atomic E-state index is 13.6. The summed E-state index contributed by atoms with van der Waals surface area (Å²) in [5.41, 5.74) is 1.26. The third-order valence-corrected chi connectivity index (χ3v) is 4.39. The van der Waals surface area contributed by atoms with Gasteiger partial charge in [0, 0.05) is 7.05 Å². The lowest BCUT2D eigenvalue weighted by Gasteiger charge is -2.18. The van der Waals surface area contributed by atoms with Crippen molar-refractivity contribution in [2.24, 2.45) is 0 Å². The third kappa shape index (κ3) is 4.13. The molecule has 3 aromatic rings. The second kappa shape index (κ2) is 8.17. The number of aromatic nitrogens is 2. The van der Waals surface area contributed by atoms with Crippen LogP contribution in [0.15, 0.2) is 48.7 Å². The summed E-state index contributed by atoms with van der Waals surface area (Å²) in [4.78, 5) is 25.0. The zero-order chi connectivity index (χ0) is 21.1. The minimum Gasteiger partial charge on any atom is -0.357 e. The monoisotopic (exact) mass is 402 g/mol. The zero-order valence-corrected chi connectivity index (χ0v) is 15.5. The molecule has 6 nitrogen and oxygen atoms in total. The fraction of sp³-hybridized carbons (Fsp3) is 0.150. The van der Waals surface area contributed by atoms with Gasteiger partial charge in [0.05, 0.1) is 23.1 Å². The standard InChI is InChI=1S/C20H17F3N4O2/c1-11-15(10-25-27(11)14-6-4-13(21)5-7-14)19(28)26-18(20(29)24-2)12-3-8-16(22)17(23)9-12/h3-10,18H,1-2H3,(H,24,29)(H,26,28). The van der Waals surface area contributed by atoms with Crippen LogP contribution in [0.25, 0.3) is 5.69 Å². The van der Waals surface area contributed by atoms with Crippen LogP contribution in [0.4, 0.5) is 13.2 Å². The van der Waals surface area contributed by atoms with Crippen LogP contribution in [0, 0.1) is 24.4 Å². The van der Waals surface area contributed by atoms with Crippen molar-refractivity contribution in [3.05, 3.63) is 82.9 Å². The lowest BCUT2D eigenvalue weighted by molar-refractivity contribution is -0.122. The van der Waals surface area contributed by atoms with Crippen molar-refractivity contribution in [3.8, 4) is 5.69 Å². The Bertz CT molecular complexity index is 1060. The van der Waals surface area contributed by atoms with Gasteiger partial charge in [-0.3, -0.25) is 9.59 Å². The van der Waals surface area contributed by atoms with Gasteiger partial charge < -0.3 is 10.6 Å². The van der Waals surface area contributed by atoms with Gasteiger partial charge in [0.25, 0.3) is 5.91 Å². The molecule has 1 unspecified atom stereocenters. The topological polar surface area (TPSA) is 76.0 Å². The molecule has 1 heterocycles. The first kappa shape index (κ1) is 20.1. The smallest absolute Gasteiger partial charge is 0.255 e. The Morgan fingerprint density at radius 2 is 1.72 bits per heavy atom. The Hall–Kier alpha value is -3.62. The molecule has 0 aliphatic rings. The summed E-state index contributed by atoms with van der Waals surface area (Å²) < 4.78 is 41.4. The molecule has 0 radical (unpaired) electrons. The Kier molecular flexibility index (Phi) is 5.67. The molecular formula is C20H17F3N4O2. The van der Waals surface area contributed by atoms with Gasteiger partial charge in [0.2, 0.25) is 5.91 Å². The van der Waals surface area contributed by atoms with Gasteiger partial charge >= 0.3 is 0 Å². The molecule has 0 aliphatic carbocycles. The highest BCUT2D eigenvalue weighted by Crippen LogP contribution is 2.19. The Morgan fingerprint density at radius 1 is 1.03 bits per heavy atom.